The van der Waals surface area contributed by atoms with Gasteiger partial charge in [0.05, 0.1) is 16.8 Å². The molecule has 0 heterocycles. The minimum Gasteiger partial charge on any atom is -0.491 e. The SMILES string of the molecule is CCOc1c(Br)cc(Cl)cc1NC(=O)CCCN. The molecular formula is C12H16BrClN2O2. The molecule has 0 saturated heterocycles. The Morgan fingerprint density at radius 3 is 2.89 bits per heavy atom. The fourth-order valence-electron chi connectivity index (χ4n) is 1.42. The van der Waals surface area contributed by atoms with Gasteiger partial charge in [0.15, 0.2) is 5.75 Å². The summed E-state index contributed by atoms with van der Waals surface area (Å²) in [5, 5.41) is 3.31. The third-order valence-corrected chi connectivity index (χ3v) is 2.99. The second kappa shape index (κ2) is 7.61. The van der Waals surface area contributed by atoms with Gasteiger partial charge >= 0.3 is 0 Å². The molecule has 1 aromatic carbocycles. The van der Waals surface area contributed by atoms with Crippen LogP contribution in [0.3, 0.4) is 0 Å². The molecule has 0 bridgehead atoms. The minimum atomic E-state index is -0.101. The first-order valence-corrected chi connectivity index (χ1v) is 6.87. The van der Waals surface area contributed by atoms with Crippen LogP contribution in [-0.4, -0.2) is 19.1 Å². The molecule has 1 aromatic rings. The van der Waals surface area contributed by atoms with Crippen molar-refractivity contribution in [3.05, 3.63) is 21.6 Å². The molecule has 100 valence electrons. The number of hydrogen-bond donors (Lipinski definition) is 2. The van der Waals surface area contributed by atoms with Gasteiger partial charge in [-0.25, -0.2) is 0 Å². The first-order valence-electron chi connectivity index (χ1n) is 5.70. The smallest absolute Gasteiger partial charge is 0.224 e. The summed E-state index contributed by atoms with van der Waals surface area (Å²) in [6.45, 7) is 2.87. The summed E-state index contributed by atoms with van der Waals surface area (Å²) in [5.74, 6) is 0.485. The number of amides is 1. The summed E-state index contributed by atoms with van der Waals surface area (Å²) in [6, 6.07) is 3.39. The molecular weight excluding hydrogens is 320 g/mol. The first-order chi connectivity index (χ1) is 8.58. The number of ether oxygens (including phenoxy) is 1. The van der Waals surface area contributed by atoms with Gasteiger partial charge in [-0.1, -0.05) is 11.6 Å². The summed E-state index contributed by atoms with van der Waals surface area (Å²) in [4.78, 5) is 11.7. The van der Waals surface area contributed by atoms with Gasteiger partial charge in [0.2, 0.25) is 5.91 Å². The van der Waals surface area contributed by atoms with Crippen LogP contribution in [-0.2, 0) is 4.79 Å². The molecule has 0 aliphatic heterocycles. The summed E-state index contributed by atoms with van der Waals surface area (Å²) in [7, 11) is 0. The fraction of sp³-hybridized carbons (Fsp3) is 0.417. The Labute approximate surface area is 120 Å². The molecule has 0 unspecified atom stereocenters. The van der Waals surface area contributed by atoms with Crippen LogP contribution in [0.1, 0.15) is 19.8 Å². The molecule has 0 radical (unpaired) electrons. The molecule has 1 amide bonds. The van der Waals surface area contributed by atoms with Crippen LogP contribution in [0.25, 0.3) is 0 Å². The molecule has 4 nitrogen and oxygen atoms in total. The van der Waals surface area contributed by atoms with E-state index in [4.69, 9.17) is 22.1 Å². The van der Waals surface area contributed by atoms with Crippen LogP contribution >= 0.6 is 27.5 Å². The highest BCUT2D eigenvalue weighted by Crippen LogP contribution is 2.36. The van der Waals surface area contributed by atoms with Gasteiger partial charge in [0.1, 0.15) is 0 Å². The average Bonchev–Trinajstić information content (AvgIpc) is 2.31. The summed E-state index contributed by atoms with van der Waals surface area (Å²) < 4.78 is 6.20. The van der Waals surface area contributed by atoms with Crippen molar-refractivity contribution in [3.8, 4) is 5.75 Å². The Hall–Kier alpha value is -0.780. The maximum Gasteiger partial charge on any atom is 0.224 e. The van der Waals surface area contributed by atoms with Crippen molar-refractivity contribution >= 4 is 39.1 Å². The maximum absolute atomic E-state index is 11.7. The quantitative estimate of drug-likeness (QED) is 0.839. The number of carbonyl (C=O) groups excluding carboxylic acids is 1. The van der Waals surface area contributed by atoms with Crippen molar-refractivity contribution in [3.63, 3.8) is 0 Å². The number of carbonyl (C=O) groups is 1. The number of halogens is 2. The topological polar surface area (TPSA) is 64.3 Å². The number of rotatable bonds is 6. The normalized spacial score (nSPS) is 10.2. The van der Waals surface area contributed by atoms with Crippen molar-refractivity contribution < 1.29 is 9.53 Å². The Bertz CT molecular complexity index is 427. The largest absolute Gasteiger partial charge is 0.491 e. The first kappa shape index (κ1) is 15.3. The molecule has 0 spiro atoms. The standard InChI is InChI=1S/C12H16BrClN2O2/c1-2-18-12-9(13)6-8(14)7-10(12)16-11(17)4-3-5-15/h6-7H,2-5,15H2,1H3,(H,16,17). The number of hydrogen-bond acceptors (Lipinski definition) is 3. The van der Waals surface area contributed by atoms with Crippen LogP contribution in [0.15, 0.2) is 16.6 Å². The zero-order chi connectivity index (χ0) is 13.5. The van der Waals surface area contributed by atoms with Crippen molar-refractivity contribution in [2.75, 3.05) is 18.5 Å². The third-order valence-electron chi connectivity index (χ3n) is 2.18. The lowest BCUT2D eigenvalue weighted by Crippen LogP contribution is -2.14. The predicted octanol–water partition coefficient (Wildman–Crippen LogP) is 3.18. The molecule has 0 atom stereocenters. The molecule has 0 saturated carbocycles. The van der Waals surface area contributed by atoms with E-state index in [0.29, 0.717) is 46.9 Å². The molecule has 18 heavy (non-hydrogen) atoms. The van der Waals surface area contributed by atoms with Crippen LogP contribution in [0.5, 0.6) is 5.75 Å². The van der Waals surface area contributed by atoms with Crippen molar-refractivity contribution in [2.45, 2.75) is 19.8 Å². The summed E-state index contributed by atoms with van der Waals surface area (Å²) >= 11 is 9.31. The molecule has 1 rings (SSSR count). The van der Waals surface area contributed by atoms with E-state index in [0.717, 1.165) is 0 Å². The Morgan fingerprint density at radius 2 is 2.28 bits per heavy atom. The number of anilines is 1. The number of nitrogens with one attached hydrogen (secondary N) is 1. The molecule has 0 fully saturated rings. The fourth-order valence-corrected chi connectivity index (χ4v) is 2.34. The predicted molar refractivity (Wildman–Crippen MR) is 77.2 cm³/mol. The zero-order valence-corrected chi connectivity index (χ0v) is 12.5. The van der Waals surface area contributed by atoms with Crippen LogP contribution in [0, 0.1) is 0 Å². The lowest BCUT2D eigenvalue weighted by Gasteiger charge is -2.13. The zero-order valence-electron chi connectivity index (χ0n) is 10.1. The molecule has 0 aromatic heterocycles. The van der Waals surface area contributed by atoms with E-state index in [2.05, 4.69) is 21.2 Å². The maximum atomic E-state index is 11.7. The van der Waals surface area contributed by atoms with Crippen molar-refractivity contribution in [1.29, 1.82) is 0 Å². The van der Waals surface area contributed by atoms with E-state index in [1.54, 1.807) is 12.1 Å². The van der Waals surface area contributed by atoms with Crippen LogP contribution in [0.2, 0.25) is 5.02 Å². The highest BCUT2D eigenvalue weighted by molar-refractivity contribution is 9.10. The second-order valence-corrected chi connectivity index (χ2v) is 4.93. The monoisotopic (exact) mass is 334 g/mol. The van der Waals surface area contributed by atoms with Gasteiger partial charge in [-0.2, -0.15) is 0 Å². The van der Waals surface area contributed by atoms with Crippen LogP contribution in [0.4, 0.5) is 5.69 Å². The Morgan fingerprint density at radius 1 is 1.56 bits per heavy atom. The molecule has 3 N–H and O–H groups in total. The van der Waals surface area contributed by atoms with E-state index in [1.165, 1.54) is 0 Å². The molecule has 0 aliphatic rings. The highest BCUT2D eigenvalue weighted by Gasteiger charge is 2.12. The lowest BCUT2D eigenvalue weighted by molar-refractivity contribution is -0.116. The van der Waals surface area contributed by atoms with Gasteiger partial charge < -0.3 is 15.8 Å². The molecule has 6 heteroatoms. The summed E-state index contributed by atoms with van der Waals surface area (Å²) in [6.07, 6.45) is 1.03. The lowest BCUT2D eigenvalue weighted by atomic mass is 10.2. The number of benzene rings is 1. The van der Waals surface area contributed by atoms with Crippen molar-refractivity contribution in [1.82, 2.24) is 0 Å². The van der Waals surface area contributed by atoms with Gasteiger partial charge in [-0.15, -0.1) is 0 Å². The van der Waals surface area contributed by atoms with Gasteiger partial charge in [0, 0.05) is 11.4 Å². The Balaban J connectivity index is 2.88. The van der Waals surface area contributed by atoms with E-state index >= 15 is 0 Å². The van der Waals surface area contributed by atoms with E-state index in [-0.39, 0.29) is 5.91 Å². The summed E-state index contributed by atoms with van der Waals surface area (Å²) in [5.41, 5.74) is 5.93. The van der Waals surface area contributed by atoms with Gasteiger partial charge in [-0.3, -0.25) is 4.79 Å². The van der Waals surface area contributed by atoms with Gasteiger partial charge in [0.25, 0.3) is 0 Å². The van der Waals surface area contributed by atoms with E-state index in [1.807, 2.05) is 6.92 Å². The highest BCUT2D eigenvalue weighted by atomic mass is 79.9. The third kappa shape index (κ3) is 4.48. The Kier molecular flexibility index (Phi) is 6.46. The van der Waals surface area contributed by atoms with E-state index < -0.39 is 0 Å². The van der Waals surface area contributed by atoms with E-state index in [9.17, 15) is 4.79 Å². The number of nitrogens with two attached hydrogens (primary N) is 1. The molecule has 0 aliphatic carbocycles. The average molecular weight is 336 g/mol. The van der Waals surface area contributed by atoms with Gasteiger partial charge in [-0.05, 0) is 48.0 Å². The minimum absolute atomic E-state index is 0.101. The van der Waals surface area contributed by atoms with Crippen LogP contribution < -0.4 is 15.8 Å². The van der Waals surface area contributed by atoms with Crippen molar-refractivity contribution in [2.24, 2.45) is 5.73 Å². The second-order valence-electron chi connectivity index (χ2n) is 3.64.